The smallest absolute Gasteiger partial charge is 0.0939 e. The molecule has 2 heteroatoms. The van der Waals surface area contributed by atoms with Gasteiger partial charge in [0, 0.05) is 6.61 Å². The Bertz CT molecular complexity index is 207. The van der Waals surface area contributed by atoms with Crippen molar-refractivity contribution >= 4 is 0 Å². The molecule has 0 heterocycles. The van der Waals surface area contributed by atoms with E-state index in [-0.39, 0.29) is 11.7 Å². The van der Waals surface area contributed by atoms with Gasteiger partial charge in [0.1, 0.15) is 0 Å². The molecule has 19 heavy (non-hydrogen) atoms. The topological polar surface area (TPSA) is 29.5 Å². The first-order valence-electron chi connectivity index (χ1n) is 8.57. The van der Waals surface area contributed by atoms with Crippen LogP contribution in [-0.2, 0) is 4.74 Å². The van der Waals surface area contributed by atoms with Gasteiger partial charge in [0.25, 0.3) is 0 Å². The molecule has 1 atom stereocenters. The van der Waals surface area contributed by atoms with Gasteiger partial charge < -0.3 is 9.84 Å². The average molecular weight is 270 g/mol. The zero-order valence-corrected chi connectivity index (χ0v) is 13.1. The van der Waals surface area contributed by atoms with Crippen LogP contribution in [0.2, 0.25) is 0 Å². The molecule has 0 aromatic heterocycles. The third kappa shape index (κ3) is 5.83. The SMILES string of the molecule is CCCCCCCC(O)C1(OCC)CCCCCC1. The Morgan fingerprint density at radius 1 is 0.947 bits per heavy atom. The predicted octanol–water partition coefficient (Wildman–Crippen LogP) is 4.84. The maximum Gasteiger partial charge on any atom is 0.0939 e. The van der Waals surface area contributed by atoms with Crippen LogP contribution in [0.1, 0.15) is 90.9 Å². The van der Waals surface area contributed by atoms with E-state index in [0.29, 0.717) is 0 Å². The number of rotatable bonds is 9. The van der Waals surface area contributed by atoms with E-state index in [0.717, 1.165) is 32.3 Å². The minimum atomic E-state index is -0.257. The molecule has 114 valence electrons. The van der Waals surface area contributed by atoms with Gasteiger partial charge in [-0.25, -0.2) is 0 Å². The first kappa shape index (κ1) is 17.0. The molecule has 1 unspecified atom stereocenters. The van der Waals surface area contributed by atoms with E-state index in [4.69, 9.17) is 4.74 Å². The average Bonchev–Trinajstić information content (AvgIpc) is 2.65. The Labute approximate surface area is 119 Å². The van der Waals surface area contributed by atoms with Crippen molar-refractivity contribution in [3.63, 3.8) is 0 Å². The fourth-order valence-corrected chi connectivity index (χ4v) is 3.39. The zero-order valence-electron chi connectivity index (χ0n) is 13.1. The van der Waals surface area contributed by atoms with Crippen LogP contribution in [0.5, 0.6) is 0 Å². The van der Waals surface area contributed by atoms with Crippen LogP contribution >= 0.6 is 0 Å². The minimum Gasteiger partial charge on any atom is -0.390 e. The molecule has 0 aromatic carbocycles. The summed E-state index contributed by atoms with van der Waals surface area (Å²) in [4.78, 5) is 0. The highest BCUT2D eigenvalue weighted by Gasteiger charge is 2.38. The van der Waals surface area contributed by atoms with Crippen LogP contribution in [0, 0.1) is 0 Å². The van der Waals surface area contributed by atoms with E-state index in [2.05, 4.69) is 13.8 Å². The lowest BCUT2D eigenvalue weighted by atomic mass is 9.85. The summed E-state index contributed by atoms with van der Waals surface area (Å²) >= 11 is 0. The van der Waals surface area contributed by atoms with Crippen LogP contribution in [-0.4, -0.2) is 23.4 Å². The maximum absolute atomic E-state index is 10.6. The van der Waals surface area contributed by atoms with Gasteiger partial charge in [-0.15, -0.1) is 0 Å². The molecular formula is C17H34O2. The first-order valence-corrected chi connectivity index (χ1v) is 8.57. The van der Waals surface area contributed by atoms with Crippen molar-refractivity contribution in [2.75, 3.05) is 6.61 Å². The maximum atomic E-state index is 10.6. The van der Waals surface area contributed by atoms with Crippen molar-refractivity contribution in [3.8, 4) is 0 Å². The number of aliphatic hydroxyl groups is 1. The van der Waals surface area contributed by atoms with Gasteiger partial charge in [-0.05, 0) is 26.2 Å². The molecule has 1 rings (SSSR count). The fraction of sp³-hybridized carbons (Fsp3) is 1.00. The van der Waals surface area contributed by atoms with E-state index in [9.17, 15) is 5.11 Å². The molecule has 0 radical (unpaired) electrons. The lowest BCUT2D eigenvalue weighted by molar-refractivity contribution is -0.131. The molecule has 0 spiro atoms. The van der Waals surface area contributed by atoms with Gasteiger partial charge in [-0.3, -0.25) is 0 Å². The van der Waals surface area contributed by atoms with Crippen molar-refractivity contribution < 1.29 is 9.84 Å². The van der Waals surface area contributed by atoms with Crippen LogP contribution in [0.25, 0.3) is 0 Å². The standard InChI is InChI=1S/C17H34O2/c1-3-5-6-7-10-13-16(18)17(19-4-2)14-11-8-9-12-15-17/h16,18H,3-15H2,1-2H3. The molecular weight excluding hydrogens is 236 g/mol. The largest absolute Gasteiger partial charge is 0.390 e. The Kier molecular flexibility index (Phi) is 8.72. The van der Waals surface area contributed by atoms with Crippen molar-refractivity contribution in [2.24, 2.45) is 0 Å². The highest BCUT2D eigenvalue weighted by atomic mass is 16.5. The van der Waals surface area contributed by atoms with Crippen LogP contribution in [0.15, 0.2) is 0 Å². The lowest BCUT2D eigenvalue weighted by Gasteiger charge is -2.37. The Morgan fingerprint density at radius 3 is 2.16 bits per heavy atom. The monoisotopic (exact) mass is 270 g/mol. The molecule has 2 nitrogen and oxygen atoms in total. The summed E-state index contributed by atoms with van der Waals surface area (Å²) in [5, 5.41) is 10.6. The second kappa shape index (κ2) is 9.77. The molecule has 1 N–H and O–H groups in total. The van der Waals surface area contributed by atoms with Crippen molar-refractivity contribution in [2.45, 2.75) is 103 Å². The molecule has 0 bridgehead atoms. The number of aliphatic hydroxyl groups excluding tert-OH is 1. The van der Waals surface area contributed by atoms with Gasteiger partial charge in [-0.1, -0.05) is 64.7 Å². The number of hydrogen-bond acceptors (Lipinski definition) is 2. The predicted molar refractivity (Wildman–Crippen MR) is 81.4 cm³/mol. The number of ether oxygens (including phenoxy) is 1. The quantitative estimate of drug-likeness (QED) is 0.480. The second-order valence-electron chi connectivity index (χ2n) is 6.13. The Hall–Kier alpha value is -0.0800. The number of hydrogen-bond donors (Lipinski definition) is 1. The van der Waals surface area contributed by atoms with E-state index < -0.39 is 0 Å². The van der Waals surface area contributed by atoms with Gasteiger partial charge >= 0.3 is 0 Å². The summed E-state index contributed by atoms with van der Waals surface area (Å²) in [5.41, 5.74) is -0.226. The molecule has 1 aliphatic carbocycles. The molecule has 1 aliphatic rings. The van der Waals surface area contributed by atoms with E-state index in [1.807, 2.05) is 0 Å². The molecule has 0 amide bonds. The Balaban J connectivity index is 2.40. The normalized spacial score (nSPS) is 21.0. The third-order valence-corrected chi connectivity index (χ3v) is 4.57. The van der Waals surface area contributed by atoms with E-state index >= 15 is 0 Å². The van der Waals surface area contributed by atoms with Gasteiger partial charge in [0.2, 0.25) is 0 Å². The van der Waals surface area contributed by atoms with Gasteiger partial charge in [0.05, 0.1) is 11.7 Å². The summed E-state index contributed by atoms with van der Waals surface area (Å²) in [6, 6.07) is 0. The van der Waals surface area contributed by atoms with Crippen LogP contribution < -0.4 is 0 Å². The van der Waals surface area contributed by atoms with Gasteiger partial charge in [-0.2, -0.15) is 0 Å². The summed E-state index contributed by atoms with van der Waals surface area (Å²) in [7, 11) is 0. The third-order valence-electron chi connectivity index (χ3n) is 4.57. The molecule has 0 aliphatic heterocycles. The van der Waals surface area contributed by atoms with E-state index in [1.165, 1.54) is 51.4 Å². The molecule has 0 saturated heterocycles. The minimum absolute atomic E-state index is 0.226. The molecule has 0 aromatic rings. The van der Waals surface area contributed by atoms with Crippen molar-refractivity contribution in [1.82, 2.24) is 0 Å². The van der Waals surface area contributed by atoms with Crippen molar-refractivity contribution in [3.05, 3.63) is 0 Å². The van der Waals surface area contributed by atoms with Crippen LogP contribution in [0.3, 0.4) is 0 Å². The summed E-state index contributed by atoms with van der Waals surface area (Å²) in [6.45, 7) is 5.03. The number of unbranched alkanes of at least 4 members (excludes halogenated alkanes) is 4. The molecule has 1 saturated carbocycles. The van der Waals surface area contributed by atoms with Crippen molar-refractivity contribution in [1.29, 1.82) is 0 Å². The molecule has 1 fully saturated rings. The zero-order chi connectivity index (χ0) is 14.0. The fourth-order valence-electron chi connectivity index (χ4n) is 3.39. The summed E-state index contributed by atoms with van der Waals surface area (Å²) in [6.07, 6.45) is 14.1. The Morgan fingerprint density at radius 2 is 1.58 bits per heavy atom. The van der Waals surface area contributed by atoms with Gasteiger partial charge in [0.15, 0.2) is 0 Å². The van der Waals surface area contributed by atoms with E-state index in [1.54, 1.807) is 0 Å². The highest BCUT2D eigenvalue weighted by molar-refractivity contribution is 4.90. The second-order valence-corrected chi connectivity index (χ2v) is 6.13. The highest BCUT2D eigenvalue weighted by Crippen LogP contribution is 2.35. The lowest BCUT2D eigenvalue weighted by Crippen LogP contribution is -2.44. The summed E-state index contributed by atoms with van der Waals surface area (Å²) in [5.74, 6) is 0. The summed E-state index contributed by atoms with van der Waals surface area (Å²) < 4.78 is 6.04. The first-order chi connectivity index (χ1) is 9.25. The van der Waals surface area contributed by atoms with Crippen LogP contribution in [0.4, 0.5) is 0 Å².